The van der Waals surface area contributed by atoms with Crippen molar-refractivity contribution in [2.45, 2.75) is 32.8 Å². The molecule has 2 aromatic heterocycles. The third-order valence-electron chi connectivity index (χ3n) is 4.98. The monoisotopic (exact) mass is 420 g/mol. The molecule has 120 valence electrons. The number of benzene rings is 1. The Labute approximate surface area is 153 Å². The molecule has 1 aliphatic carbocycles. The molecule has 4 rings (SSSR count). The van der Waals surface area contributed by atoms with Crippen LogP contribution < -0.4 is 33.3 Å². The standard InChI is InChI=1S/C19H21N2O.HI/c1-13-14(2)21-12-6-9-18(19(21)20(13)3)22-17-11-10-15-7-4-5-8-16(15)17;/h4-9,12,17H,10-11H2,1-3H3;1H/q+1;/p-1. The molecular weight excluding hydrogens is 399 g/mol. The van der Waals surface area contributed by atoms with Gasteiger partial charge in [-0.2, -0.15) is 4.40 Å². The number of pyridine rings is 1. The van der Waals surface area contributed by atoms with Crippen LogP contribution in [-0.2, 0) is 13.5 Å². The van der Waals surface area contributed by atoms with Crippen molar-refractivity contribution < 1.29 is 33.3 Å². The van der Waals surface area contributed by atoms with Gasteiger partial charge in [-0.05, 0) is 36.1 Å². The molecule has 1 aliphatic rings. The van der Waals surface area contributed by atoms with Gasteiger partial charge >= 0.3 is 5.65 Å². The Morgan fingerprint density at radius 1 is 1.13 bits per heavy atom. The van der Waals surface area contributed by atoms with Gasteiger partial charge in [0.2, 0.25) is 5.75 Å². The minimum atomic E-state index is 0. The first kappa shape index (κ1) is 16.3. The molecule has 0 bridgehead atoms. The lowest BCUT2D eigenvalue weighted by Gasteiger charge is -2.14. The van der Waals surface area contributed by atoms with Gasteiger partial charge in [0.1, 0.15) is 17.5 Å². The van der Waals surface area contributed by atoms with Gasteiger partial charge in [-0.15, -0.1) is 0 Å². The summed E-state index contributed by atoms with van der Waals surface area (Å²) in [7, 11) is 2.10. The van der Waals surface area contributed by atoms with Gasteiger partial charge in [-0.3, -0.25) is 0 Å². The second-order valence-corrected chi connectivity index (χ2v) is 6.14. The Bertz CT molecular complexity index is 869. The zero-order valence-corrected chi connectivity index (χ0v) is 15.9. The normalized spacial score (nSPS) is 16.2. The summed E-state index contributed by atoms with van der Waals surface area (Å²) in [6.07, 6.45) is 4.43. The maximum atomic E-state index is 6.42. The zero-order valence-electron chi connectivity index (χ0n) is 13.7. The van der Waals surface area contributed by atoms with Gasteiger partial charge in [-0.1, -0.05) is 24.3 Å². The second-order valence-electron chi connectivity index (χ2n) is 6.14. The van der Waals surface area contributed by atoms with Gasteiger partial charge in [0.15, 0.2) is 0 Å². The number of hydrogen-bond acceptors (Lipinski definition) is 1. The highest BCUT2D eigenvalue weighted by atomic mass is 127. The third kappa shape index (κ3) is 2.53. The van der Waals surface area contributed by atoms with Crippen molar-refractivity contribution >= 4 is 5.65 Å². The Kier molecular flexibility index (Phi) is 4.36. The lowest BCUT2D eigenvalue weighted by molar-refractivity contribution is -0.651. The molecule has 23 heavy (non-hydrogen) atoms. The number of nitrogens with zero attached hydrogens (tertiary/aromatic N) is 2. The maximum absolute atomic E-state index is 6.42. The summed E-state index contributed by atoms with van der Waals surface area (Å²) in [5.74, 6) is 0.961. The fraction of sp³-hybridized carbons (Fsp3) is 0.316. The summed E-state index contributed by atoms with van der Waals surface area (Å²) in [6.45, 7) is 4.30. The van der Waals surface area contributed by atoms with Gasteiger partial charge in [0.25, 0.3) is 0 Å². The first-order chi connectivity index (χ1) is 10.7. The molecular formula is C19H21IN2O. The Morgan fingerprint density at radius 3 is 2.74 bits per heavy atom. The van der Waals surface area contributed by atoms with Crippen LogP contribution in [0.5, 0.6) is 5.75 Å². The predicted octanol–water partition coefficient (Wildman–Crippen LogP) is 0.451. The van der Waals surface area contributed by atoms with E-state index in [1.165, 1.54) is 22.5 Å². The number of hydrogen-bond donors (Lipinski definition) is 0. The van der Waals surface area contributed by atoms with E-state index in [1.54, 1.807) is 0 Å². The van der Waals surface area contributed by atoms with Crippen molar-refractivity contribution in [2.24, 2.45) is 7.05 Å². The van der Waals surface area contributed by atoms with Gasteiger partial charge < -0.3 is 28.7 Å². The maximum Gasteiger partial charge on any atom is 0.329 e. The lowest BCUT2D eigenvalue weighted by Crippen LogP contribution is -3.00. The fourth-order valence-electron chi connectivity index (χ4n) is 3.54. The van der Waals surface area contributed by atoms with Crippen LogP contribution in [0.25, 0.3) is 5.65 Å². The number of aryl methyl sites for hydroxylation is 3. The third-order valence-corrected chi connectivity index (χ3v) is 4.98. The largest absolute Gasteiger partial charge is 1.00 e. The topological polar surface area (TPSA) is 17.5 Å². The number of halogens is 1. The van der Waals surface area contributed by atoms with Crippen molar-refractivity contribution in [1.29, 1.82) is 0 Å². The van der Waals surface area contributed by atoms with E-state index in [0.29, 0.717) is 0 Å². The molecule has 0 N–H and O–H groups in total. The van der Waals surface area contributed by atoms with Crippen molar-refractivity contribution in [3.05, 3.63) is 65.1 Å². The zero-order chi connectivity index (χ0) is 15.3. The van der Waals surface area contributed by atoms with E-state index in [2.05, 4.69) is 72.5 Å². The summed E-state index contributed by atoms with van der Waals surface area (Å²) in [4.78, 5) is 0. The fourth-order valence-corrected chi connectivity index (χ4v) is 3.54. The van der Waals surface area contributed by atoms with E-state index in [1.807, 2.05) is 0 Å². The molecule has 0 amide bonds. The minimum absolute atomic E-state index is 0. The molecule has 3 aromatic rings. The first-order valence-corrected chi connectivity index (χ1v) is 7.87. The molecule has 3 nitrogen and oxygen atoms in total. The summed E-state index contributed by atoms with van der Waals surface area (Å²) in [6, 6.07) is 12.8. The highest BCUT2D eigenvalue weighted by molar-refractivity contribution is 5.51. The molecule has 0 saturated heterocycles. The first-order valence-electron chi connectivity index (χ1n) is 7.87. The molecule has 1 aromatic carbocycles. The van der Waals surface area contributed by atoms with Crippen LogP contribution in [0, 0.1) is 13.8 Å². The van der Waals surface area contributed by atoms with E-state index in [0.717, 1.165) is 24.2 Å². The summed E-state index contributed by atoms with van der Waals surface area (Å²) >= 11 is 0. The van der Waals surface area contributed by atoms with E-state index in [4.69, 9.17) is 4.74 Å². The number of ether oxygens (including phenoxy) is 1. The number of imidazole rings is 1. The number of aromatic nitrogens is 2. The predicted molar refractivity (Wildman–Crippen MR) is 86.2 cm³/mol. The highest BCUT2D eigenvalue weighted by Gasteiger charge is 2.27. The molecule has 0 spiro atoms. The number of rotatable bonds is 2. The van der Waals surface area contributed by atoms with Gasteiger partial charge in [0, 0.05) is 13.8 Å². The van der Waals surface area contributed by atoms with Gasteiger partial charge in [-0.25, -0.2) is 4.57 Å². The van der Waals surface area contributed by atoms with E-state index in [-0.39, 0.29) is 30.1 Å². The quantitative estimate of drug-likeness (QED) is 0.435. The highest BCUT2D eigenvalue weighted by Crippen LogP contribution is 2.35. The van der Waals surface area contributed by atoms with Crippen LogP contribution in [-0.4, -0.2) is 4.40 Å². The minimum Gasteiger partial charge on any atom is -1.00 e. The van der Waals surface area contributed by atoms with E-state index >= 15 is 0 Å². The van der Waals surface area contributed by atoms with E-state index in [9.17, 15) is 0 Å². The average Bonchev–Trinajstić information content (AvgIpc) is 3.04. The van der Waals surface area contributed by atoms with Crippen LogP contribution in [0.15, 0.2) is 42.6 Å². The number of fused-ring (bicyclic) bond motifs is 2. The smallest absolute Gasteiger partial charge is 0.329 e. The van der Waals surface area contributed by atoms with Crippen molar-refractivity contribution in [3.63, 3.8) is 0 Å². The van der Waals surface area contributed by atoms with E-state index < -0.39 is 0 Å². The Balaban J connectivity index is 0.00000156. The molecule has 4 heteroatoms. The van der Waals surface area contributed by atoms with Crippen LogP contribution in [0.2, 0.25) is 0 Å². The SMILES string of the molecule is Cc1c(C)[n+](C)c2c(OC3CCc4ccccc43)cccn12.[I-]. The molecule has 0 aliphatic heterocycles. The van der Waals surface area contributed by atoms with Gasteiger partial charge in [0.05, 0.1) is 13.2 Å². The van der Waals surface area contributed by atoms with Crippen LogP contribution >= 0.6 is 0 Å². The summed E-state index contributed by atoms with van der Waals surface area (Å²) in [5, 5.41) is 0. The van der Waals surface area contributed by atoms with Crippen molar-refractivity contribution in [1.82, 2.24) is 4.40 Å². The Hall–Kier alpha value is -1.56. The molecule has 0 fully saturated rings. The molecule has 1 atom stereocenters. The molecule has 0 saturated carbocycles. The second kappa shape index (κ2) is 6.15. The summed E-state index contributed by atoms with van der Waals surface area (Å²) in [5.41, 5.74) is 6.42. The average molecular weight is 420 g/mol. The molecule has 1 unspecified atom stereocenters. The van der Waals surface area contributed by atoms with Crippen LogP contribution in [0.4, 0.5) is 0 Å². The van der Waals surface area contributed by atoms with Crippen molar-refractivity contribution in [3.8, 4) is 5.75 Å². The lowest BCUT2D eigenvalue weighted by atomic mass is 10.1. The Morgan fingerprint density at radius 2 is 1.91 bits per heavy atom. The summed E-state index contributed by atoms with van der Waals surface area (Å²) < 4.78 is 10.9. The van der Waals surface area contributed by atoms with Crippen LogP contribution in [0.1, 0.15) is 35.0 Å². The molecule has 0 radical (unpaired) electrons. The van der Waals surface area contributed by atoms with Crippen molar-refractivity contribution in [2.75, 3.05) is 0 Å². The molecule has 2 heterocycles. The van der Waals surface area contributed by atoms with Crippen LogP contribution in [0.3, 0.4) is 0 Å².